The SMILES string of the molecule is COC(=O)c1ccc(C(C)(C)C(C)C[SH](=O)=O)cc1. The van der Waals surface area contributed by atoms with E-state index in [1.54, 1.807) is 12.1 Å². The van der Waals surface area contributed by atoms with E-state index in [-0.39, 0.29) is 23.1 Å². The highest BCUT2D eigenvalue weighted by molar-refractivity contribution is 7.72. The highest BCUT2D eigenvalue weighted by Crippen LogP contribution is 2.31. The van der Waals surface area contributed by atoms with Gasteiger partial charge in [-0.1, -0.05) is 32.9 Å². The molecule has 5 heteroatoms. The molecule has 0 saturated carbocycles. The topological polar surface area (TPSA) is 60.4 Å². The van der Waals surface area contributed by atoms with Gasteiger partial charge in [-0.3, -0.25) is 0 Å². The molecule has 1 aromatic rings. The summed E-state index contributed by atoms with van der Waals surface area (Å²) in [6.07, 6.45) is 0. The quantitative estimate of drug-likeness (QED) is 0.663. The van der Waals surface area contributed by atoms with E-state index in [2.05, 4.69) is 4.74 Å². The maximum absolute atomic E-state index is 11.4. The zero-order valence-corrected chi connectivity index (χ0v) is 12.6. The van der Waals surface area contributed by atoms with Crippen molar-refractivity contribution in [2.45, 2.75) is 26.2 Å². The second kappa shape index (κ2) is 6.19. The fourth-order valence-electron chi connectivity index (χ4n) is 1.89. The summed E-state index contributed by atoms with van der Waals surface area (Å²) >= 11 is 0. The fourth-order valence-corrected chi connectivity index (χ4v) is 2.79. The van der Waals surface area contributed by atoms with Crippen LogP contribution in [0.15, 0.2) is 24.3 Å². The van der Waals surface area contributed by atoms with Gasteiger partial charge < -0.3 is 4.74 Å². The Morgan fingerprint density at radius 1 is 1.26 bits per heavy atom. The van der Waals surface area contributed by atoms with Crippen LogP contribution in [-0.4, -0.2) is 27.2 Å². The molecule has 0 aliphatic carbocycles. The largest absolute Gasteiger partial charge is 0.465 e. The van der Waals surface area contributed by atoms with E-state index in [4.69, 9.17) is 0 Å². The lowest BCUT2D eigenvalue weighted by molar-refractivity contribution is 0.0600. The molecule has 0 amide bonds. The van der Waals surface area contributed by atoms with Crippen molar-refractivity contribution in [1.82, 2.24) is 0 Å². The number of hydrogen-bond donors (Lipinski definition) is 1. The van der Waals surface area contributed by atoms with Crippen LogP contribution in [0.5, 0.6) is 0 Å². The maximum Gasteiger partial charge on any atom is 0.337 e. The van der Waals surface area contributed by atoms with Crippen molar-refractivity contribution in [3.05, 3.63) is 35.4 Å². The lowest BCUT2D eigenvalue weighted by atomic mass is 9.75. The second-order valence-corrected chi connectivity index (χ2v) is 6.24. The number of methoxy groups -OCH3 is 1. The molecule has 1 aromatic carbocycles. The van der Waals surface area contributed by atoms with Crippen molar-refractivity contribution in [2.24, 2.45) is 5.92 Å². The van der Waals surface area contributed by atoms with Crippen LogP contribution >= 0.6 is 0 Å². The molecule has 0 N–H and O–H groups in total. The second-order valence-electron chi connectivity index (χ2n) is 5.21. The van der Waals surface area contributed by atoms with Crippen molar-refractivity contribution in [1.29, 1.82) is 0 Å². The minimum Gasteiger partial charge on any atom is -0.465 e. The Balaban J connectivity index is 2.98. The Labute approximate surface area is 115 Å². The fraction of sp³-hybridized carbons (Fsp3) is 0.500. The summed E-state index contributed by atoms with van der Waals surface area (Å²) in [6, 6.07) is 7.10. The lowest BCUT2D eigenvalue weighted by Crippen LogP contribution is -2.29. The van der Waals surface area contributed by atoms with E-state index in [0.717, 1.165) is 5.56 Å². The minimum atomic E-state index is -2.39. The summed E-state index contributed by atoms with van der Waals surface area (Å²) in [6.45, 7) is 5.92. The third-order valence-electron chi connectivity index (χ3n) is 3.70. The molecule has 1 unspecified atom stereocenters. The smallest absolute Gasteiger partial charge is 0.337 e. The molecule has 1 rings (SSSR count). The third-order valence-corrected chi connectivity index (χ3v) is 4.55. The monoisotopic (exact) mass is 284 g/mol. The van der Waals surface area contributed by atoms with Crippen LogP contribution in [-0.2, 0) is 20.9 Å². The Kier molecular flexibility index (Phi) is 5.11. The molecule has 0 spiro atoms. The van der Waals surface area contributed by atoms with Crippen LogP contribution in [0.25, 0.3) is 0 Å². The first-order chi connectivity index (χ1) is 8.78. The number of esters is 1. The highest BCUT2D eigenvalue weighted by Gasteiger charge is 2.28. The summed E-state index contributed by atoms with van der Waals surface area (Å²) in [5.41, 5.74) is 1.22. The van der Waals surface area contributed by atoms with Crippen LogP contribution in [0.1, 0.15) is 36.7 Å². The van der Waals surface area contributed by atoms with Gasteiger partial charge in [0, 0.05) is 0 Å². The molecule has 0 aliphatic rings. The minimum absolute atomic E-state index is 0.00223. The summed E-state index contributed by atoms with van der Waals surface area (Å²) in [7, 11) is -1.05. The molecule has 0 aliphatic heterocycles. The van der Waals surface area contributed by atoms with Crippen molar-refractivity contribution < 1.29 is 17.9 Å². The van der Waals surface area contributed by atoms with Gasteiger partial charge in [-0.25, -0.2) is 13.2 Å². The molecular weight excluding hydrogens is 264 g/mol. The van der Waals surface area contributed by atoms with Gasteiger partial charge in [-0.15, -0.1) is 0 Å². The first kappa shape index (κ1) is 15.7. The summed E-state index contributed by atoms with van der Waals surface area (Å²) in [5.74, 6) is -0.223. The maximum atomic E-state index is 11.4. The predicted molar refractivity (Wildman–Crippen MR) is 75.2 cm³/mol. The van der Waals surface area contributed by atoms with Gasteiger partial charge >= 0.3 is 5.97 Å². The first-order valence-corrected chi connectivity index (χ1v) is 7.46. The standard InChI is InChI=1S/C14H20O4S/c1-10(9-19(16)17)14(2,3)12-7-5-11(6-8-12)13(15)18-4/h5-8,10,19H,9H2,1-4H3. The van der Waals surface area contributed by atoms with E-state index in [0.29, 0.717) is 5.56 Å². The van der Waals surface area contributed by atoms with Crippen LogP contribution in [0.4, 0.5) is 0 Å². The van der Waals surface area contributed by atoms with Gasteiger partial charge in [0.15, 0.2) is 0 Å². The third kappa shape index (κ3) is 3.80. The number of carbonyl (C=O) groups is 1. The number of rotatable bonds is 5. The molecule has 0 fully saturated rings. The lowest BCUT2D eigenvalue weighted by Gasteiger charge is -2.31. The number of carbonyl (C=O) groups excluding carboxylic acids is 1. The molecule has 0 heterocycles. The molecule has 0 aromatic heterocycles. The highest BCUT2D eigenvalue weighted by atomic mass is 32.2. The number of hydrogen-bond acceptors (Lipinski definition) is 4. The molecule has 106 valence electrons. The Bertz CT molecular complexity index is 507. The Morgan fingerprint density at radius 3 is 2.21 bits per heavy atom. The average Bonchev–Trinajstić information content (AvgIpc) is 2.37. The molecule has 0 bridgehead atoms. The van der Waals surface area contributed by atoms with Crippen LogP contribution in [0.3, 0.4) is 0 Å². The van der Waals surface area contributed by atoms with E-state index >= 15 is 0 Å². The molecule has 19 heavy (non-hydrogen) atoms. The number of benzene rings is 1. The molecular formula is C14H20O4S. The van der Waals surface area contributed by atoms with E-state index in [1.807, 2.05) is 32.9 Å². The summed E-state index contributed by atoms with van der Waals surface area (Å²) in [4.78, 5) is 11.4. The van der Waals surface area contributed by atoms with Gasteiger partial charge in [0.2, 0.25) is 0 Å². The van der Waals surface area contributed by atoms with Crippen molar-refractivity contribution in [3.8, 4) is 0 Å². The van der Waals surface area contributed by atoms with E-state index < -0.39 is 10.7 Å². The van der Waals surface area contributed by atoms with Gasteiger partial charge in [0.05, 0.1) is 18.4 Å². The Hall–Kier alpha value is -1.36. The van der Waals surface area contributed by atoms with Gasteiger partial charge in [0.25, 0.3) is 0 Å². The van der Waals surface area contributed by atoms with Gasteiger partial charge in [-0.05, 0) is 29.0 Å². The number of thiol groups is 1. The van der Waals surface area contributed by atoms with E-state index in [9.17, 15) is 13.2 Å². The summed E-state index contributed by atoms with van der Waals surface area (Å²) < 4.78 is 26.3. The zero-order valence-electron chi connectivity index (χ0n) is 11.7. The summed E-state index contributed by atoms with van der Waals surface area (Å²) in [5, 5.41) is 0. The normalized spacial score (nSPS) is 13.3. The molecule has 0 radical (unpaired) electrons. The zero-order chi connectivity index (χ0) is 14.6. The average molecular weight is 284 g/mol. The number of ether oxygens (including phenoxy) is 1. The van der Waals surface area contributed by atoms with Crippen molar-refractivity contribution in [2.75, 3.05) is 12.9 Å². The molecule has 1 atom stereocenters. The van der Waals surface area contributed by atoms with Crippen molar-refractivity contribution >= 4 is 16.7 Å². The van der Waals surface area contributed by atoms with Crippen molar-refractivity contribution in [3.63, 3.8) is 0 Å². The van der Waals surface area contributed by atoms with Crippen LogP contribution in [0.2, 0.25) is 0 Å². The van der Waals surface area contributed by atoms with Crippen LogP contribution in [0, 0.1) is 5.92 Å². The van der Waals surface area contributed by atoms with E-state index in [1.165, 1.54) is 7.11 Å². The van der Waals surface area contributed by atoms with Gasteiger partial charge in [0.1, 0.15) is 10.7 Å². The molecule has 0 saturated heterocycles. The molecule has 4 nitrogen and oxygen atoms in total. The first-order valence-electron chi connectivity index (χ1n) is 6.09. The van der Waals surface area contributed by atoms with Gasteiger partial charge in [-0.2, -0.15) is 0 Å². The predicted octanol–water partition coefficient (Wildman–Crippen LogP) is 2.00. The Morgan fingerprint density at radius 2 is 1.79 bits per heavy atom. The van der Waals surface area contributed by atoms with Crippen LogP contribution < -0.4 is 0 Å².